The number of H-pyrrole nitrogens is 1. The number of hydrogen-bond donors (Lipinski definition) is 3. The molecule has 1 aromatic heterocycles. The monoisotopic (exact) mass is 257 g/mol. The number of nitrogens with one attached hydrogen (secondary N) is 1. The van der Waals surface area contributed by atoms with Gasteiger partial charge in [-0.3, -0.25) is 0 Å². The molecule has 18 heavy (non-hydrogen) atoms. The third kappa shape index (κ3) is 3.08. The summed E-state index contributed by atoms with van der Waals surface area (Å²) in [7, 11) is 1.22. The van der Waals surface area contributed by atoms with Crippen molar-refractivity contribution >= 4 is 11.9 Å². The normalized spacial score (nSPS) is 13.8. The molecule has 1 aromatic rings. The number of esters is 2. The average molecular weight is 257 g/mol. The fourth-order valence-corrected chi connectivity index (χ4v) is 1.35. The highest BCUT2D eigenvalue weighted by molar-refractivity contribution is 5.87. The van der Waals surface area contributed by atoms with Gasteiger partial charge in [-0.2, -0.15) is 0 Å². The van der Waals surface area contributed by atoms with Crippen molar-refractivity contribution in [2.24, 2.45) is 0 Å². The molecule has 0 amide bonds. The summed E-state index contributed by atoms with van der Waals surface area (Å²) in [6.07, 6.45) is -1.87. The summed E-state index contributed by atoms with van der Waals surface area (Å²) in [6, 6.07) is 1.29. The Morgan fingerprint density at radius 3 is 2.67 bits per heavy atom. The summed E-state index contributed by atoms with van der Waals surface area (Å²) in [4.78, 5) is 25.0. The molecule has 7 heteroatoms. The van der Waals surface area contributed by atoms with Crippen LogP contribution >= 0.6 is 0 Å². The lowest BCUT2D eigenvalue weighted by Gasteiger charge is -2.14. The van der Waals surface area contributed by atoms with Crippen LogP contribution in [0.5, 0.6) is 0 Å². The number of methoxy groups -OCH3 is 1. The fourth-order valence-electron chi connectivity index (χ4n) is 1.35. The van der Waals surface area contributed by atoms with E-state index in [9.17, 15) is 19.8 Å². The Morgan fingerprint density at radius 1 is 1.44 bits per heavy atom. The van der Waals surface area contributed by atoms with E-state index in [0.29, 0.717) is 0 Å². The number of carbonyl (C=O) groups excluding carboxylic acids is 2. The summed E-state index contributed by atoms with van der Waals surface area (Å²) in [5, 5.41) is 19.3. The molecule has 0 aliphatic heterocycles. The van der Waals surface area contributed by atoms with E-state index >= 15 is 0 Å². The van der Waals surface area contributed by atoms with Crippen LogP contribution < -0.4 is 0 Å². The lowest BCUT2D eigenvalue weighted by Crippen LogP contribution is -2.29. The first kappa shape index (κ1) is 14.2. The molecule has 1 rings (SSSR count). The van der Waals surface area contributed by atoms with Crippen LogP contribution in [-0.4, -0.2) is 47.0 Å². The van der Waals surface area contributed by atoms with Gasteiger partial charge in [0, 0.05) is 11.8 Å². The van der Waals surface area contributed by atoms with Crippen LogP contribution in [0.3, 0.4) is 0 Å². The number of aromatic amines is 1. The Morgan fingerprint density at radius 2 is 2.11 bits per heavy atom. The van der Waals surface area contributed by atoms with Gasteiger partial charge in [0.2, 0.25) is 0 Å². The van der Waals surface area contributed by atoms with Gasteiger partial charge in [0.15, 0.2) is 6.10 Å². The molecule has 1 heterocycles. The van der Waals surface area contributed by atoms with Crippen molar-refractivity contribution in [3.63, 3.8) is 0 Å². The van der Waals surface area contributed by atoms with Gasteiger partial charge in [0.1, 0.15) is 11.8 Å². The van der Waals surface area contributed by atoms with Crippen molar-refractivity contribution in [1.82, 2.24) is 4.98 Å². The summed E-state index contributed by atoms with van der Waals surface area (Å²) in [5.74, 6) is -1.54. The van der Waals surface area contributed by atoms with Crippen LogP contribution in [0.25, 0.3) is 0 Å². The number of hydrogen-bond acceptors (Lipinski definition) is 6. The van der Waals surface area contributed by atoms with Crippen molar-refractivity contribution < 1.29 is 29.3 Å². The zero-order chi connectivity index (χ0) is 13.7. The number of carbonyl (C=O) groups is 2. The van der Waals surface area contributed by atoms with Gasteiger partial charge in [-0.15, -0.1) is 0 Å². The molecule has 0 aliphatic rings. The second kappa shape index (κ2) is 6.18. The van der Waals surface area contributed by atoms with Crippen LogP contribution in [-0.2, 0) is 14.3 Å². The predicted molar refractivity (Wildman–Crippen MR) is 59.7 cm³/mol. The van der Waals surface area contributed by atoms with Crippen molar-refractivity contribution in [1.29, 1.82) is 0 Å². The van der Waals surface area contributed by atoms with Crippen LogP contribution in [0.1, 0.15) is 29.1 Å². The van der Waals surface area contributed by atoms with Gasteiger partial charge in [0.25, 0.3) is 0 Å². The molecular formula is C11H15NO6. The molecule has 2 unspecified atom stereocenters. The summed E-state index contributed by atoms with van der Waals surface area (Å²) < 4.78 is 9.04. The number of rotatable bonds is 5. The highest BCUT2D eigenvalue weighted by Crippen LogP contribution is 2.19. The third-order valence-electron chi connectivity index (χ3n) is 2.28. The van der Waals surface area contributed by atoms with Gasteiger partial charge in [-0.1, -0.05) is 0 Å². The van der Waals surface area contributed by atoms with E-state index in [2.05, 4.69) is 14.5 Å². The van der Waals surface area contributed by atoms with Crippen LogP contribution in [0, 0.1) is 0 Å². The Labute approximate surface area is 103 Å². The zero-order valence-electron chi connectivity index (χ0n) is 10.0. The van der Waals surface area contributed by atoms with Crippen molar-refractivity contribution in [3.05, 3.63) is 23.5 Å². The maximum atomic E-state index is 11.2. The molecule has 100 valence electrons. The molecule has 0 radical (unpaired) electrons. The first-order valence-corrected chi connectivity index (χ1v) is 5.30. The van der Waals surface area contributed by atoms with Gasteiger partial charge >= 0.3 is 11.9 Å². The molecule has 0 aliphatic carbocycles. The van der Waals surface area contributed by atoms with E-state index in [0.717, 1.165) is 0 Å². The molecule has 3 N–H and O–H groups in total. The first-order chi connectivity index (χ1) is 8.51. The Hall–Kier alpha value is -1.86. The minimum Gasteiger partial charge on any atom is -0.464 e. The van der Waals surface area contributed by atoms with Crippen LogP contribution in [0.15, 0.2) is 12.3 Å². The highest BCUT2D eigenvalue weighted by Gasteiger charge is 2.28. The smallest absolute Gasteiger partial charge is 0.354 e. The number of aromatic nitrogens is 1. The van der Waals surface area contributed by atoms with Crippen LogP contribution in [0.4, 0.5) is 0 Å². The maximum absolute atomic E-state index is 11.2. The highest BCUT2D eigenvalue weighted by atomic mass is 16.5. The Bertz CT molecular complexity index is 427. The third-order valence-corrected chi connectivity index (χ3v) is 2.28. The fraction of sp³-hybridized carbons (Fsp3) is 0.455. The van der Waals surface area contributed by atoms with Gasteiger partial charge in [0.05, 0.1) is 13.7 Å². The van der Waals surface area contributed by atoms with E-state index in [-0.39, 0.29) is 17.9 Å². The summed E-state index contributed by atoms with van der Waals surface area (Å²) in [6.45, 7) is 1.69. The molecule has 0 bridgehead atoms. The summed E-state index contributed by atoms with van der Waals surface area (Å²) >= 11 is 0. The molecule has 2 atom stereocenters. The molecule has 0 saturated heterocycles. The predicted octanol–water partition coefficient (Wildman–Crippen LogP) is -0.241. The molecule has 0 aromatic carbocycles. The number of aliphatic hydroxyl groups excluding tert-OH is 2. The SMILES string of the molecule is CCOC(=O)C(O)C(O)c1c[nH]c(C(=O)OC)c1. The van der Waals surface area contributed by atoms with Crippen LogP contribution in [0.2, 0.25) is 0 Å². The lowest BCUT2D eigenvalue weighted by molar-refractivity contribution is -0.159. The molecule has 7 nitrogen and oxygen atoms in total. The van der Waals surface area contributed by atoms with Crippen molar-refractivity contribution in [2.45, 2.75) is 19.1 Å². The average Bonchev–Trinajstić information content (AvgIpc) is 2.85. The van der Waals surface area contributed by atoms with Gasteiger partial charge < -0.3 is 24.7 Å². The summed E-state index contributed by atoms with van der Waals surface area (Å²) in [5.41, 5.74) is 0.304. The number of aliphatic hydroxyl groups is 2. The first-order valence-electron chi connectivity index (χ1n) is 5.30. The standard InChI is InChI=1S/C11H15NO6/c1-3-18-11(16)9(14)8(13)6-4-7(12-5-6)10(15)17-2/h4-5,8-9,12-14H,3H2,1-2H3. The van der Waals surface area contributed by atoms with Gasteiger partial charge in [-0.05, 0) is 13.0 Å². The largest absolute Gasteiger partial charge is 0.464 e. The van der Waals surface area contributed by atoms with Crippen molar-refractivity contribution in [3.8, 4) is 0 Å². The second-order valence-corrected chi connectivity index (χ2v) is 3.48. The van der Waals surface area contributed by atoms with E-state index in [1.807, 2.05) is 0 Å². The quantitative estimate of drug-likeness (QED) is 0.628. The second-order valence-electron chi connectivity index (χ2n) is 3.48. The topological polar surface area (TPSA) is 109 Å². The Balaban J connectivity index is 2.77. The molecule has 0 saturated carbocycles. The van der Waals surface area contributed by atoms with Gasteiger partial charge in [-0.25, -0.2) is 9.59 Å². The minimum absolute atomic E-state index is 0.100. The Kier molecular flexibility index (Phi) is 4.87. The van der Waals surface area contributed by atoms with E-state index in [1.165, 1.54) is 19.4 Å². The zero-order valence-corrected chi connectivity index (χ0v) is 10.0. The lowest BCUT2D eigenvalue weighted by atomic mass is 10.1. The van der Waals surface area contributed by atoms with E-state index in [4.69, 9.17) is 0 Å². The van der Waals surface area contributed by atoms with E-state index in [1.54, 1.807) is 6.92 Å². The van der Waals surface area contributed by atoms with E-state index < -0.39 is 24.1 Å². The molecular weight excluding hydrogens is 242 g/mol. The maximum Gasteiger partial charge on any atom is 0.354 e. The molecule has 0 spiro atoms. The molecule has 0 fully saturated rings. The minimum atomic E-state index is -1.70. The number of ether oxygens (including phenoxy) is 2. The van der Waals surface area contributed by atoms with Crippen molar-refractivity contribution in [2.75, 3.05) is 13.7 Å².